The molecule has 7 heteroatoms. The molecule has 3 rings (SSSR count). The Balaban J connectivity index is 1.83. The van der Waals surface area contributed by atoms with Gasteiger partial charge in [0, 0.05) is 6.20 Å². The molecule has 0 radical (unpaired) electrons. The summed E-state index contributed by atoms with van der Waals surface area (Å²) < 4.78 is 13.6. The fourth-order valence-corrected chi connectivity index (χ4v) is 2.25. The molecule has 22 heavy (non-hydrogen) atoms. The third-order valence-electron chi connectivity index (χ3n) is 3.39. The van der Waals surface area contributed by atoms with E-state index < -0.39 is 23.8 Å². The van der Waals surface area contributed by atoms with E-state index >= 15 is 0 Å². The lowest BCUT2D eigenvalue weighted by atomic mass is 10.1. The molecule has 0 spiro atoms. The van der Waals surface area contributed by atoms with Crippen LogP contribution in [0.25, 0.3) is 0 Å². The van der Waals surface area contributed by atoms with Crippen LogP contribution in [0.15, 0.2) is 42.6 Å². The number of phenols is 1. The van der Waals surface area contributed by atoms with Crippen molar-refractivity contribution >= 4 is 11.9 Å². The van der Waals surface area contributed by atoms with Gasteiger partial charge in [-0.15, -0.1) is 0 Å². The molecule has 1 aromatic carbocycles. The number of hydrogen-bond acceptors (Lipinski definition) is 4. The number of rotatable bonds is 3. The van der Waals surface area contributed by atoms with Crippen molar-refractivity contribution in [3.63, 3.8) is 0 Å². The maximum absolute atomic E-state index is 13.6. The van der Waals surface area contributed by atoms with E-state index in [9.17, 15) is 19.1 Å². The fraction of sp³-hybridized carbons (Fsp3) is 0.133. The van der Waals surface area contributed by atoms with Crippen LogP contribution in [0.3, 0.4) is 0 Å². The molecule has 0 aliphatic carbocycles. The first-order valence-corrected chi connectivity index (χ1v) is 6.56. The summed E-state index contributed by atoms with van der Waals surface area (Å²) in [5.74, 6) is -0.995. The lowest BCUT2D eigenvalue weighted by Gasteiger charge is -2.13. The Labute approximate surface area is 125 Å². The number of benzene rings is 1. The van der Waals surface area contributed by atoms with Crippen LogP contribution in [0, 0.1) is 5.82 Å². The number of hydrogen-bond donors (Lipinski definition) is 2. The van der Waals surface area contributed by atoms with E-state index in [1.807, 2.05) is 0 Å². The summed E-state index contributed by atoms with van der Waals surface area (Å²) in [6.45, 7) is -0.230. The Morgan fingerprint density at radius 3 is 2.64 bits per heavy atom. The molecule has 1 aliphatic rings. The van der Waals surface area contributed by atoms with Crippen molar-refractivity contribution in [2.45, 2.75) is 12.6 Å². The first kappa shape index (κ1) is 14.0. The Morgan fingerprint density at radius 1 is 1.23 bits per heavy atom. The van der Waals surface area contributed by atoms with Gasteiger partial charge in [-0.3, -0.25) is 14.7 Å². The molecule has 2 aromatic rings. The van der Waals surface area contributed by atoms with Gasteiger partial charge < -0.3 is 10.4 Å². The lowest BCUT2D eigenvalue weighted by Crippen LogP contribution is -2.31. The molecule has 2 heterocycles. The predicted molar refractivity (Wildman–Crippen MR) is 74.1 cm³/mol. The first-order valence-electron chi connectivity index (χ1n) is 6.56. The van der Waals surface area contributed by atoms with Crippen LogP contribution < -0.4 is 5.32 Å². The van der Waals surface area contributed by atoms with Gasteiger partial charge in [0.25, 0.3) is 5.91 Å². The highest BCUT2D eigenvalue weighted by atomic mass is 19.1. The second-order valence-corrected chi connectivity index (χ2v) is 4.83. The fourth-order valence-electron chi connectivity index (χ4n) is 2.25. The van der Waals surface area contributed by atoms with Gasteiger partial charge in [0.15, 0.2) is 0 Å². The summed E-state index contributed by atoms with van der Waals surface area (Å²) in [7, 11) is 0. The standard InChI is InChI=1S/C15H12FN3O3/c16-11-2-1-7-17-12(11)8-19-14(21)13(18-15(19)22)9-3-5-10(20)6-4-9/h1-7,13,20H,8H2,(H,18,22)/t13-/m0/s1. The summed E-state index contributed by atoms with van der Waals surface area (Å²) in [4.78, 5) is 29.0. The van der Waals surface area contributed by atoms with Gasteiger partial charge in [-0.05, 0) is 29.8 Å². The number of imide groups is 1. The van der Waals surface area contributed by atoms with Gasteiger partial charge in [-0.2, -0.15) is 0 Å². The molecule has 0 bridgehead atoms. The molecule has 0 unspecified atom stereocenters. The maximum atomic E-state index is 13.6. The number of urea groups is 1. The van der Waals surface area contributed by atoms with Crippen LogP contribution in [-0.2, 0) is 11.3 Å². The van der Waals surface area contributed by atoms with Gasteiger partial charge >= 0.3 is 6.03 Å². The van der Waals surface area contributed by atoms with Crippen LogP contribution in [0.4, 0.5) is 9.18 Å². The van der Waals surface area contributed by atoms with Crippen molar-refractivity contribution in [2.24, 2.45) is 0 Å². The minimum absolute atomic E-state index is 0.0253. The number of pyridine rings is 1. The summed E-state index contributed by atoms with van der Waals surface area (Å²) in [6, 6.07) is 7.15. The molecule has 1 aromatic heterocycles. The average Bonchev–Trinajstić information content (AvgIpc) is 2.78. The second-order valence-electron chi connectivity index (χ2n) is 4.83. The van der Waals surface area contributed by atoms with Crippen molar-refractivity contribution in [1.82, 2.24) is 15.2 Å². The SMILES string of the molecule is O=C1N[C@@H](c2ccc(O)cc2)C(=O)N1Cc1ncccc1F. The highest BCUT2D eigenvalue weighted by molar-refractivity contribution is 6.04. The number of aromatic nitrogens is 1. The van der Waals surface area contributed by atoms with Crippen LogP contribution >= 0.6 is 0 Å². The number of carbonyl (C=O) groups excluding carboxylic acids is 2. The number of carbonyl (C=O) groups is 2. The van der Waals surface area contributed by atoms with Crippen LogP contribution in [0.1, 0.15) is 17.3 Å². The molecule has 2 N–H and O–H groups in total. The third kappa shape index (κ3) is 2.48. The quantitative estimate of drug-likeness (QED) is 0.846. The molecule has 1 fully saturated rings. The topological polar surface area (TPSA) is 82.5 Å². The van der Waals surface area contributed by atoms with Gasteiger partial charge in [-0.1, -0.05) is 12.1 Å². The minimum Gasteiger partial charge on any atom is -0.508 e. The Bertz CT molecular complexity index is 733. The molecule has 6 nitrogen and oxygen atoms in total. The zero-order valence-electron chi connectivity index (χ0n) is 11.4. The monoisotopic (exact) mass is 301 g/mol. The van der Waals surface area contributed by atoms with Crippen molar-refractivity contribution < 1.29 is 19.1 Å². The van der Waals surface area contributed by atoms with Gasteiger partial charge in [-0.25, -0.2) is 9.18 Å². The van der Waals surface area contributed by atoms with Gasteiger partial charge in [0.2, 0.25) is 0 Å². The lowest BCUT2D eigenvalue weighted by molar-refractivity contribution is -0.128. The minimum atomic E-state index is -0.847. The number of phenolic OH excluding ortho intramolecular Hbond substituents is 1. The molecule has 1 aliphatic heterocycles. The summed E-state index contributed by atoms with van der Waals surface area (Å²) in [6.07, 6.45) is 1.40. The van der Waals surface area contributed by atoms with E-state index in [0.29, 0.717) is 5.56 Å². The predicted octanol–water partition coefficient (Wildman–Crippen LogP) is 1.72. The van der Waals surface area contributed by atoms with Crippen molar-refractivity contribution in [1.29, 1.82) is 0 Å². The van der Waals surface area contributed by atoms with E-state index in [1.54, 1.807) is 12.1 Å². The van der Waals surface area contributed by atoms with E-state index in [-0.39, 0.29) is 18.0 Å². The zero-order valence-corrected chi connectivity index (χ0v) is 11.4. The molecule has 0 saturated carbocycles. The Morgan fingerprint density at radius 2 is 1.95 bits per heavy atom. The largest absolute Gasteiger partial charge is 0.508 e. The van der Waals surface area contributed by atoms with E-state index in [0.717, 1.165) is 4.90 Å². The van der Waals surface area contributed by atoms with Crippen molar-refractivity contribution in [3.05, 3.63) is 59.7 Å². The normalized spacial score (nSPS) is 17.7. The van der Waals surface area contributed by atoms with E-state index in [1.165, 1.54) is 30.5 Å². The van der Waals surface area contributed by atoms with Crippen LogP contribution in [0.5, 0.6) is 5.75 Å². The van der Waals surface area contributed by atoms with Gasteiger partial charge in [0.05, 0.1) is 12.2 Å². The van der Waals surface area contributed by atoms with E-state index in [2.05, 4.69) is 10.3 Å². The summed E-state index contributed by atoms with van der Waals surface area (Å²) in [5.41, 5.74) is 0.567. The molecule has 3 amide bonds. The van der Waals surface area contributed by atoms with Gasteiger partial charge in [0.1, 0.15) is 17.6 Å². The Kier molecular flexibility index (Phi) is 3.46. The molecule has 1 atom stereocenters. The maximum Gasteiger partial charge on any atom is 0.325 e. The third-order valence-corrected chi connectivity index (χ3v) is 3.39. The smallest absolute Gasteiger partial charge is 0.325 e. The van der Waals surface area contributed by atoms with Crippen molar-refractivity contribution in [3.8, 4) is 5.75 Å². The average molecular weight is 301 g/mol. The number of halogens is 1. The first-order chi connectivity index (χ1) is 10.6. The van der Waals surface area contributed by atoms with Crippen LogP contribution in [-0.4, -0.2) is 26.9 Å². The van der Waals surface area contributed by atoms with E-state index in [4.69, 9.17) is 0 Å². The highest BCUT2D eigenvalue weighted by Crippen LogP contribution is 2.24. The zero-order chi connectivity index (χ0) is 15.7. The Hall–Kier alpha value is -2.96. The van der Waals surface area contributed by atoms with Crippen LogP contribution in [0.2, 0.25) is 0 Å². The molecular formula is C15H12FN3O3. The summed E-state index contributed by atoms with van der Waals surface area (Å²) in [5, 5.41) is 11.8. The number of nitrogens with one attached hydrogen (secondary N) is 1. The number of aromatic hydroxyl groups is 1. The number of nitrogens with zero attached hydrogens (tertiary/aromatic N) is 2. The molecule has 112 valence electrons. The summed E-state index contributed by atoms with van der Waals surface area (Å²) >= 11 is 0. The van der Waals surface area contributed by atoms with Crippen molar-refractivity contribution in [2.75, 3.05) is 0 Å². The second kappa shape index (κ2) is 5.44. The molecular weight excluding hydrogens is 289 g/mol. The number of amides is 3. The highest BCUT2D eigenvalue weighted by Gasteiger charge is 2.39. The molecule has 1 saturated heterocycles.